The summed E-state index contributed by atoms with van der Waals surface area (Å²) < 4.78 is 10.7. The molecule has 1 aromatic rings. The molecular formula is C9H9NO3S. The SMILES string of the molecule is O=C(S)Nc1ccc2c(c1)OCCO2. The maximum atomic E-state index is 10.7. The van der Waals surface area contributed by atoms with Crippen molar-refractivity contribution >= 4 is 23.6 Å². The van der Waals surface area contributed by atoms with Crippen molar-refractivity contribution in [2.24, 2.45) is 0 Å². The predicted octanol–water partition coefficient (Wildman–Crippen LogP) is 1.92. The number of hydrogen-bond donors (Lipinski definition) is 2. The van der Waals surface area contributed by atoms with Gasteiger partial charge < -0.3 is 14.8 Å². The lowest BCUT2D eigenvalue weighted by atomic mass is 10.2. The van der Waals surface area contributed by atoms with Crippen molar-refractivity contribution in [2.45, 2.75) is 0 Å². The minimum atomic E-state index is -0.401. The third-order valence-corrected chi connectivity index (χ3v) is 1.91. The molecule has 0 bridgehead atoms. The molecule has 1 N–H and O–H groups in total. The van der Waals surface area contributed by atoms with Crippen LogP contribution >= 0.6 is 12.6 Å². The molecule has 5 heteroatoms. The Morgan fingerprint density at radius 2 is 2.00 bits per heavy atom. The highest BCUT2D eigenvalue weighted by Gasteiger charge is 2.11. The lowest BCUT2D eigenvalue weighted by Crippen LogP contribution is -2.15. The fraction of sp³-hybridized carbons (Fsp3) is 0.222. The number of anilines is 1. The Hall–Kier alpha value is -1.36. The molecular weight excluding hydrogens is 202 g/mol. The first-order chi connectivity index (χ1) is 6.75. The molecule has 14 heavy (non-hydrogen) atoms. The van der Waals surface area contributed by atoms with Gasteiger partial charge in [0, 0.05) is 11.8 Å². The van der Waals surface area contributed by atoms with Gasteiger partial charge in [-0.25, -0.2) is 0 Å². The number of amides is 1. The molecule has 0 unspecified atom stereocenters. The van der Waals surface area contributed by atoms with Gasteiger partial charge in [-0.2, -0.15) is 0 Å². The van der Waals surface area contributed by atoms with Crippen LogP contribution in [0.2, 0.25) is 0 Å². The Morgan fingerprint density at radius 3 is 2.71 bits per heavy atom. The van der Waals surface area contributed by atoms with Crippen LogP contribution in [0.3, 0.4) is 0 Å². The quantitative estimate of drug-likeness (QED) is 0.698. The molecule has 0 aliphatic carbocycles. The smallest absolute Gasteiger partial charge is 0.280 e. The average Bonchev–Trinajstić information content (AvgIpc) is 2.17. The molecule has 1 aromatic carbocycles. The molecule has 0 atom stereocenters. The first kappa shape index (κ1) is 9.21. The Bertz CT molecular complexity index is 367. The number of carbonyl (C=O) groups is 1. The summed E-state index contributed by atoms with van der Waals surface area (Å²) in [6, 6.07) is 5.21. The van der Waals surface area contributed by atoms with Crippen LogP contribution in [0.4, 0.5) is 10.5 Å². The molecule has 1 aliphatic heterocycles. The third-order valence-electron chi connectivity index (χ3n) is 1.79. The number of thiol groups is 1. The Kier molecular flexibility index (Phi) is 2.49. The van der Waals surface area contributed by atoms with Crippen LogP contribution in [0.25, 0.3) is 0 Å². The molecule has 4 nitrogen and oxygen atoms in total. The van der Waals surface area contributed by atoms with E-state index in [-0.39, 0.29) is 0 Å². The number of ether oxygens (including phenoxy) is 2. The summed E-state index contributed by atoms with van der Waals surface area (Å²) in [5.74, 6) is 1.35. The third kappa shape index (κ3) is 1.93. The molecule has 0 saturated carbocycles. The van der Waals surface area contributed by atoms with Crippen LogP contribution in [0, 0.1) is 0 Å². The van der Waals surface area contributed by atoms with Crippen molar-refractivity contribution in [3.63, 3.8) is 0 Å². The van der Waals surface area contributed by atoms with E-state index in [0.717, 1.165) is 0 Å². The molecule has 1 heterocycles. The zero-order valence-corrected chi connectivity index (χ0v) is 8.21. The van der Waals surface area contributed by atoms with Gasteiger partial charge in [-0.1, -0.05) is 12.6 Å². The van der Waals surface area contributed by atoms with Crippen LogP contribution < -0.4 is 14.8 Å². The first-order valence-corrected chi connectivity index (χ1v) is 4.60. The number of nitrogens with one attached hydrogen (secondary N) is 1. The fourth-order valence-electron chi connectivity index (χ4n) is 1.24. The van der Waals surface area contributed by atoms with Crippen molar-refractivity contribution in [2.75, 3.05) is 18.5 Å². The Labute approximate surface area is 86.6 Å². The van der Waals surface area contributed by atoms with Crippen LogP contribution in [0.1, 0.15) is 0 Å². The predicted molar refractivity (Wildman–Crippen MR) is 55.4 cm³/mol. The number of fused-ring (bicyclic) bond motifs is 1. The summed E-state index contributed by atoms with van der Waals surface area (Å²) >= 11 is 3.61. The van der Waals surface area contributed by atoms with Gasteiger partial charge >= 0.3 is 0 Å². The van der Waals surface area contributed by atoms with Crippen LogP contribution in [0.15, 0.2) is 18.2 Å². The zero-order valence-electron chi connectivity index (χ0n) is 7.32. The second-order valence-electron chi connectivity index (χ2n) is 2.79. The number of benzene rings is 1. The highest BCUT2D eigenvalue weighted by Crippen LogP contribution is 2.32. The summed E-state index contributed by atoms with van der Waals surface area (Å²) in [6.45, 7) is 1.09. The standard InChI is InChI=1S/C9H9NO3S/c11-9(14)10-6-1-2-7-8(5-6)13-4-3-12-7/h1-2,5H,3-4H2,(H2,10,11,14). The van der Waals surface area contributed by atoms with E-state index < -0.39 is 5.24 Å². The van der Waals surface area contributed by atoms with Crippen molar-refractivity contribution in [3.05, 3.63) is 18.2 Å². The van der Waals surface area contributed by atoms with E-state index in [4.69, 9.17) is 9.47 Å². The monoisotopic (exact) mass is 211 g/mol. The topological polar surface area (TPSA) is 47.6 Å². The normalized spacial score (nSPS) is 13.5. The summed E-state index contributed by atoms with van der Waals surface area (Å²) in [5, 5.41) is 2.14. The van der Waals surface area contributed by atoms with Gasteiger partial charge in [-0.15, -0.1) is 0 Å². The summed E-state index contributed by atoms with van der Waals surface area (Å²) in [5.41, 5.74) is 0.647. The maximum Gasteiger partial charge on any atom is 0.280 e. The van der Waals surface area contributed by atoms with E-state index in [1.54, 1.807) is 18.2 Å². The largest absolute Gasteiger partial charge is 0.486 e. The van der Waals surface area contributed by atoms with Crippen molar-refractivity contribution in [1.82, 2.24) is 0 Å². The number of hydrogen-bond acceptors (Lipinski definition) is 3. The van der Waals surface area contributed by atoms with Gasteiger partial charge in [-0.3, -0.25) is 4.79 Å². The van der Waals surface area contributed by atoms with E-state index >= 15 is 0 Å². The molecule has 0 saturated heterocycles. The van der Waals surface area contributed by atoms with Gasteiger partial charge in [0.25, 0.3) is 5.24 Å². The summed E-state index contributed by atoms with van der Waals surface area (Å²) in [6.07, 6.45) is 0. The van der Waals surface area contributed by atoms with Gasteiger partial charge in [-0.05, 0) is 12.1 Å². The summed E-state index contributed by atoms with van der Waals surface area (Å²) in [7, 11) is 0. The van der Waals surface area contributed by atoms with E-state index in [0.29, 0.717) is 30.4 Å². The lowest BCUT2D eigenvalue weighted by molar-refractivity contribution is 0.171. The fourth-order valence-corrected chi connectivity index (χ4v) is 1.37. The molecule has 0 radical (unpaired) electrons. The van der Waals surface area contributed by atoms with Crippen LogP contribution in [0.5, 0.6) is 11.5 Å². The molecule has 1 aliphatic rings. The van der Waals surface area contributed by atoms with E-state index in [1.165, 1.54) is 0 Å². The van der Waals surface area contributed by atoms with Crippen molar-refractivity contribution in [1.29, 1.82) is 0 Å². The van der Waals surface area contributed by atoms with Gasteiger partial charge in [0.1, 0.15) is 13.2 Å². The molecule has 74 valence electrons. The molecule has 2 rings (SSSR count). The van der Waals surface area contributed by atoms with Crippen molar-refractivity contribution < 1.29 is 14.3 Å². The first-order valence-electron chi connectivity index (χ1n) is 4.15. The molecule has 0 aromatic heterocycles. The number of carbonyl (C=O) groups excluding carboxylic acids is 1. The Balaban J connectivity index is 2.24. The van der Waals surface area contributed by atoms with Crippen LogP contribution in [-0.4, -0.2) is 18.5 Å². The molecule has 1 amide bonds. The molecule has 0 spiro atoms. The van der Waals surface area contributed by atoms with E-state index in [2.05, 4.69) is 17.9 Å². The Morgan fingerprint density at radius 1 is 1.29 bits per heavy atom. The van der Waals surface area contributed by atoms with Gasteiger partial charge in [0.15, 0.2) is 11.5 Å². The summed E-state index contributed by atoms with van der Waals surface area (Å²) in [4.78, 5) is 10.7. The average molecular weight is 211 g/mol. The highest BCUT2D eigenvalue weighted by atomic mass is 32.1. The maximum absolute atomic E-state index is 10.7. The minimum Gasteiger partial charge on any atom is -0.486 e. The van der Waals surface area contributed by atoms with Crippen LogP contribution in [-0.2, 0) is 0 Å². The van der Waals surface area contributed by atoms with Gasteiger partial charge in [0.05, 0.1) is 0 Å². The second-order valence-corrected chi connectivity index (χ2v) is 3.19. The van der Waals surface area contributed by atoms with E-state index in [9.17, 15) is 4.79 Å². The van der Waals surface area contributed by atoms with E-state index in [1.807, 2.05) is 0 Å². The van der Waals surface area contributed by atoms with Crippen molar-refractivity contribution in [3.8, 4) is 11.5 Å². The highest BCUT2D eigenvalue weighted by molar-refractivity contribution is 7.96. The minimum absolute atomic E-state index is 0.401. The zero-order chi connectivity index (χ0) is 9.97. The van der Waals surface area contributed by atoms with Gasteiger partial charge in [0.2, 0.25) is 0 Å². The second kappa shape index (κ2) is 3.79. The number of rotatable bonds is 1. The molecule has 0 fully saturated rings. The lowest BCUT2D eigenvalue weighted by Gasteiger charge is -2.18.